The molecule has 0 aliphatic rings. The molecule has 0 atom stereocenters. The van der Waals surface area contributed by atoms with E-state index in [-0.39, 0.29) is 0 Å². The summed E-state index contributed by atoms with van der Waals surface area (Å²) in [5.74, 6) is 0. The molecule has 78 valence electrons. The van der Waals surface area contributed by atoms with Gasteiger partial charge in [0.05, 0.1) is 6.61 Å². The molecule has 14 heavy (non-hydrogen) atoms. The van der Waals surface area contributed by atoms with Crippen molar-refractivity contribution in [3.05, 3.63) is 28.7 Å². The van der Waals surface area contributed by atoms with Crippen LogP contribution < -0.4 is 4.90 Å². The topological polar surface area (TPSA) is 12.5 Å². The molecule has 0 spiro atoms. The lowest BCUT2D eigenvalue weighted by atomic mass is 10.3. The highest BCUT2D eigenvalue weighted by Gasteiger charge is 1.99. The van der Waals surface area contributed by atoms with Crippen LogP contribution in [0.1, 0.15) is 6.92 Å². The Morgan fingerprint density at radius 2 is 1.93 bits per heavy atom. The SMILES string of the molecule is CCOCCN(C)c1ccc(Br)cc1. The summed E-state index contributed by atoms with van der Waals surface area (Å²) in [5, 5.41) is 0. The third-order valence-corrected chi connectivity index (χ3v) is 2.57. The molecule has 1 aromatic rings. The van der Waals surface area contributed by atoms with Crippen LogP contribution in [0.2, 0.25) is 0 Å². The van der Waals surface area contributed by atoms with Gasteiger partial charge in [-0.05, 0) is 31.2 Å². The second-order valence-corrected chi connectivity index (χ2v) is 4.01. The van der Waals surface area contributed by atoms with E-state index in [1.165, 1.54) is 5.69 Å². The lowest BCUT2D eigenvalue weighted by Crippen LogP contribution is -2.22. The Hall–Kier alpha value is -0.540. The summed E-state index contributed by atoms with van der Waals surface area (Å²) in [4.78, 5) is 2.18. The van der Waals surface area contributed by atoms with Crippen molar-refractivity contribution in [3.63, 3.8) is 0 Å². The minimum absolute atomic E-state index is 0.781. The molecule has 0 saturated heterocycles. The largest absolute Gasteiger partial charge is 0.380 e. The van der Waals surface area contributed by atoms with Crippen molar-refractivity contribution in [2.24, 2.45) is 0 Å². The number of rotatable bonds is 5. The smallest absolute Gasteiger partial charge is 0.0641 e. The first kappa shape index (κ1) is 11.5. The van der Waals surface area contributed by atoms with E-state index in [0.717, 1.165) is 24.2 Å². The van der Waals surface area contributed by atoms with Crippen LogP contribution in [0.3, 0.4) is 0 Å². The molecular formula is C11H16BrNO. The summed E-state index contributed by atoms with van der Waals surface area (Å²) in [6, 6.07) is 8.28. The third kappa shape index (κ3) is 3.68. The highest BCUT2D eigenvalue weighted by molar-refractivity contribution is 9.10. The van der Waals surface area contributed by atoms with Crippen molar-refractivity contribution in [2.45, 2.75) is 6.92 Å². The van der Waals surface area contributed by atoms with Gasteiger partial charge in [0.25, 0.3) is 0 Å². The zero-order valence-electron chi connectivity index (χ0n) is 8.66. The number of hydrogen-bond donors (Lipinski definition) is 0. The Bertz CT molecular complexity index is 260. The summed E-state index contributed by atoms with van der Waals surface area (Å²) >= 11 is 3.42. The van der Waals surface area contributed by atoms with Crippen LogP contribution >= 0.6 is 15.9 Å². The van der Waals surface area contributed by atoms with Crippen LogP contribution in [-0.2, 0) is 4.74 Å². The standard InChI is InChI=1S/C11H16BrNO/c1-3-14-9-8-13(2)11-6-4-10(12)5-7-11/h4-7H,3,8-9H2,1-2H3. The molecule has 0 radical (unpaired) electrons. The first-order chi connectivity index (χ1) is 6.74. The first-order valence-corrected chi connectivity index (χ1v) is 5.57. The Balaban J connectivity index is 2.43. The maximum Gasteiger partial charge on any atom is 0.0641 e. The first-order valence-electron chi connectivity index (χ1n) is 4.78. The second-order valence-electron chi connectivity index (χ2n) is 3.09. The molecule has 0 aromatic heterocycles. The van der Waals surface area contributed by atoms with E-state index >= 15 is 0 Å². The zero-order valence-corrected chi connectivity index (χ0v) is 10.3. The summed E-state index contributed by atoms with van der Waals surface area (Å²) in [6.45, 7) is 4.51. The fourth-order valence-electron chi connectivity index (χ4n) is 1.17. The van der Waals surface area contributed by atoms with Gasteiger partial charge in [0, 0.05) is 30.4 Å². The van der Waals surface area contributed by atoms with Crippen molar-refractivity contribution >= 4 is 21.6 Å². The van der Waals surface area contributed by atoms with Gasteiger partial charge in [0.2, 0.25) is 0 Å². The van der Waals surface area contributed by atoms with Crippen molar-refractivity contribution in [1.29, 1.82) is 0 Å². The van der Waals surface area contributed by atoms with Crippen LogP contribution in [0, 0.1) is 0 Å². The Kier molecular flexibility index (Phi) is 4.98. The number of likely N-dealkylation sites (N-methyl/N-ethyl adjacent to an activating group) is 1. The number of ether oxygens (including phenoxy) is 1. The Morgan fingerprint density at radius 3 is 2.50 bits per heavy atom. The molecular weight excluding hydrogens is 242 g/mol. The van der Waals surface area contributed by atoms with Crippen molar-refractivity contribution in [1.82, 2.24) is 0 Å². The van der Waals surface area contributed by atoms with Gasteiger partial charge in [-0.25, -0.2) is 0 Å². The van der Waals surface area contributed by atoms with Gasteiger partial charge in [-0.2, -0.15) is 0 Å². The van der Waals surface area contributed by atoms with Gasteiger partial charge in [-0.1, -0.05) is 15.9 Å². The summed E-state index contributed by atoms with van der Waals surface area (Å²) in [7, 11) is 2.07. The van der Waals surface area contributed by atoms with E-state index in [9.17, 15) is 0 Å². The third-order valence-electron chi connectivity index (χ3n) is 2.04. The van der Waals surface area contributed by atoms with Gasteiger partial charge >= 0.3 is 0 Å². The van der Waals surface area contributed by atoms with E-state index in [1.54, 1.807) is 0 Å². The molecule has 0 N–H and O–H groups in total. The highest BCUT2D eigenvalue weighted by atomic mass is 79.9. The number of halogens is 1. The predicted molar refractivity (Wildman–Crippen MR) is 63.9 cm³/mol. The molecule has 1 rings (SSSR count). The molecule has 3 heteroatoms. The quantitative estimate of drug-likeness (QED) is 0.753. The predicted octanol–water partition coefficient (Wildman–Crippen LogP) is 2.92. The fourth-order valence-corrected chi connectivity index (χ4v) is 1.43. The monoisotopic (exact) mass is 257 g/mol. The van der Waals surface area contributed by atoms with Crippen LogP contribution in [0.5, 0.6) is 0 Å². The number of anilines is 1. The number of hydrogen-bond acceptors (Lipinski definition) is 2. The van der Waals surface area contributed by atoms with E-state index in [0.29, 0.717) is 0 Å². The Morgan fingerprint density at radius 1 is 1.29 bits per heavy atom. The minimum Gasteiger partial charge on any atom is -0.380 e. The molecule has 1 aromatic carbocycles. The lowest BCUT2D eigenvalue weighted by Gasteiger charge is -2.18. The van der Waals surface area contributed by atoms with Crippen molar-refractivity contribution < 1.29 is 4.74 Å². The van der Waals surface area contributed by atoms with E-state index in [4.69, 9.17) is 4.74 Å². The van der Waals surface area contributed by atoms with Crippen LogP contribution in [-0.4, -0.2) is 26.8 Å². The summed E-state index contributed by atoms with van der Waals surface area (Å²) in [5.41, 5.74) is 1.22. The zero-order chi connectivity index (χ0) is 10.4. The van der Waals surface area contributed by atoms with Gasteiger partial charge in [-0.3, -0.25) is 0 Å². The normalized spacial score (nSPS) is 10.2. The molecule has 0 unspecified atom stereocenters. The molecule has 2 nitrogen and oxygen atoms in total. The maximum absolute atomic E-state index is 5.30. The van der Waals surface area contributed by atoms with E-state index in [2.05, 4.69) is 40.0 Å². The minimum atomic E-state index is 0.781. The highest BCUT2D eigenvalue weighted by Crippen LogP contribution is 2.16. The molecule has 0 aliphatic carbocycles. The van der Waals surface area contributed by atoms with Gasteiger partial charge in [0.15, 0.2) is 0 Å². The van der Waals surface area contributed by atoms with Gasteiger partial charge in [-0.15, -0.1) is 0 Å². The summed E-state index contributed by atoms with van der Waals surface area (Å²) in [6.07, 6.45) is 0. The maximum atomic E-state index is 5.30. The average Bonchev–Trinajstić information content (AvgIpc) is 2.19. The second kappa shape index (κ2) is 6.04. The molecule has 0 bridgehead atoms. The fraction of sp³-hybridized carbons (Fsp3) is 0.455. The van der Waals surface area contributed by atoms with Crippen molar-refractivity contribution in [2.75, 3.05) is 31.7 Å². The van der Waals surface area contributed by atoms with E-state index < -0.39 is 0 Å². The molecule has 0 saturated carbocycles. The number of benzene rings is 1. The molecule has 0 amide bonds. The van der Waals surface area contributed by atoms with Crippen LogP contribution in [0.15, 0.2) is 28.7 Å². The van der Waals surface area contributed by atoms with Gasteiger partial charge in [0.1, 0.15) is 0 Å². The molecule has 0 aliphatic heterocycles. The van der Waals surface area contributed by atoms with Crippen molar-refractivity contribution in [3.8, 4) is 0 Å². The molecule has 0 fully saturated rings. The van der Waals surface area contributed by atoms with Crippen LogP contribution in [0.25, 0.3) is 0 Å². The van der Waals surface area contributed by atoms with E-state index in [1.807, 2.05) is 19.1 Å². The summed E-state index contributed by atoms with van der Waals surface area (Å²) < 4.78 is 6.41. The molecule has 0 heterocycles. The van der Waals surface area contributed by atoms with Gasteiger partial charge < -0.3 is 9.64 Å². The Labute approximate surface area is 94.0 Å². The number of nitrogens with zero attached hydrogens (tertiary/aromatic N) is 1. The van der Waals surface area contributed by atoms with Crippen LogP contribution in [0.4, 0.5) is 5.69 Å². The average molecular weight is 258 g/mol. The lowest BCUT2D eigenvalue weighted by molar-refractivity contribution is 0.154.